The van der Waals surface area contributed by atoms with Gasteiger partial charge in [0.25, 0.3) is 5.91 Å². The molecule has 0 fully saturated rings. The molecule has 0 aliphatic rings. The number of hydrogen-bond donors (Lipinski definition) is 3. The number of phenols is 1. The maximum atomic E-state index is 11.8. The minimum atomic E-state index is -0.364. The Morgan fingerprint density at radius 3 is 2.88 bits per heavy atom. The number of aromatic nitrogens is 2. The van der Waals surface area contributed by atoms with Gasteiger partial charge in [0.2, 0.25) is 5.13 Å². The number of nitrogens with one attached hydrogen (secondary N) is 1. The molecule has 1 heterocycles. The van der Waals surface area contributed by atoms with Gasteiger partial charge in [-0.15, -0.1) is 0 Å². The number of benzene rings is 1. The molecule has 0 aliphatic heterocycles. The van der Waals surface area contributed by atoms with E-state index in [4.69, 9.17) is 5.73 Å². The fourth-order valence-corrected chi connectivity index (χ4v) is 1.77. The molecule has 0 atom stereocenters. The maximum absolute atomic E-state index is 11.8. The van der Waals surface area contributed by atoms with Crippen molar-refractivity contribution in [1.82, 2.24) is 9.36 Å². The molecule has 4 N–H and O–H groups in total. The van der Waals surface area contributed by atoms with Crippen LogP contribution in [-0.4, -0.2) is 20.4 Å². The first-order valence-corrected chi connectivity index (χ1v) is 5.54. The number of rotatable bonds is 2. The number of carbonyl (C=O) groups excluding carboxylic acids is 1. The number of carbonyl (C=O) groups is 1. The van der Waals surface area contributed by atoms with Gasteiger partial charge in [-0.3, -0.25) is 10.1 Å². The largest absolute Gasteiger partial charge is 0.506 e. The van der Waals surface area contributed by atoms with E-state index in [2.05, 4.69) is 14.7 Å². The number of aromatic hydroxyl groups is 1. The molecule has 0 saturated heterocycles. The zero-order valence-corrected chi connectivity index (χ0v) is 9.78. The van der Waals surface area contributed by atoms with E-state index in [1.165, 1.54) is 18.2 Å². The second-order valence-electron chi connectivity index (χ2n) is 3.37. The van der Waals surface area contributed by atoms with E-state index in [1.54, 1.807) is 6.92 Å². The Bertz CT molecular complexity index is 567. The Morgan fingerprint density at radius 2 is 2.29 bits per heavy atom. The molecular formula is C10H10N4O2S. The van der Waals surface area contributed by atoms with Crippen LogP contribution in [0.2, 0.25) is 0 Å². The Morgan fingerprint density at radius 1 is 1.53 bits per heavy atom. The summed E-state index contributed by atoms with van der Waals surface area (Å²) in [4.78, 5) is 15.8. The molecule has 2 rings (SSSR count). The lowest BCUT2D eigenvalue weighted by Gasteiger charge is -2.03. The summed E-state index contributed by atoms with van der Waals surface area (Å²) < 4.78 is 3.94. The lowest BCUT2D eigenvalue weighted by molar-refractivity contribution is 0.102. The van der Waals surface area contributed by atoms with Crippen LogP contribution >= 0.6 is 11.5 Å². The van der Waals surface area contributed by atoms with Gasteiger partial charge >= 0.3 is 0 Å². The molecule has 6 nitrogen and oxygen atoms in total. The van der Waals surface area contributed by atoms with Crippen LogP contribution in [0.4, 0.5) is 10.8 Å². The van der Waals surface area contributed by atoms with Gasteiger partial charge in [-0.1, -0.05) is 0 Å². The second-order valence-corrected chi connectivity index (χ2v) is 4.13. The number of hydrogen-bond acceptors (Lipinski definition) is 6. The average molecular weight is 250 g/mol. The van der Waals surface area contributed by atoms with E-state index in [-0.39, 0.29) is 17.3 Å². The zero-order valence-electron chi connectivity index (χ0n) is 8.97. The van der Waals surface area contributed by atoms with Crippen molar-refractivity contribution in [2.24, 2.45) is 0 Å². The summed E-state index contributed by atoms with van der Waals surface area (Å²) in [5, 5.41) is 12.4. The molecule has 0 bridgehead atoms. The summed E-state index contributed by atoms with van der Waals surface area (Å²) in [6, 6.07) is 4.30. The second kappa shape index (κ2) is 4.38. The first kappa shape index (κ1) is 11.3. The quantitative estimate of drug-likeness (QED) is 0.552. The van der Waals surface area contributed by atoms with E-state index in [9.17, 15) is 9.90 Å². The summed E-state index contributed by atoms with van der Waals surface area (Å²) in [5.41, 5.74) is 5.98. The van der Waals surface area contributed by atoms with Crippen LogP contribution in [0.25, 0.3) is 0 Å². The molecule has 0 saturated carbocycles. The van der Waals surface area contributed by atoms with Gasteiger partial charge in [-0.2, -0.15) is 4.37 Å². The van der Waals surface area contributed by atoms with E-state index in [0.717, 1.165) is 11.5 Å². The summed E-state index contributed by atoms with van der Waals surface area (Å²) in [7, 11) is 0. The number of phenolic OH excluding ortho intramolecular Hbond substituents is 1. The van der Waals surface area contributed by atoms with Crippen LogP contribution in [0.15, 0.2) is 18.2 Å². The molecule has 2 aromatic rings. The highest BCUT2D eigenvalue weighted by Crippen LogP contribution is 2.21. The number of nitrogen functional groups attached to an aromatic ring is 1. The van der Waals surface area contributed by atoms with E-state index in [1.807, 2.05) is 0 Å². The van der Waals surface area contributed by atoms with Crippen molar-refractivity contribution in [3.63, 3.8) is 0 Å². The van der Waals surface area contributed by atoms with Gasteiger partial charge in [0.05, 0.1) is 5.69 Å². The Labute approximate surface area is 101 Å². The predicted octanol–water partition coefficient (Wildman–Crippen LogP) is 1.39. The van der Waals surface area contributed by atoms with Crippen LogP contribution in [0.3, 0.4) is 0 Å². The minimum Gasteiger partial charge on any atom is -0.506 e. The van der Waals surface area contributed by atoms with Gasteiger partial charge in [-0.25, -0.2) is 4.98 Å². The average Bonchev–Trinajstić information content (AvgIpc) is 2.68. The third-order valence-corrected chi connectivity index (χ3v) is 2.76. The normalized spacial score (nSPS) is 10.2. The molecule has 0 aliphatic carbocycles. The predicted molar refractivity (Wildman–Crippen MR) is 65.1 cm³/mol. The lowest BCUT2D eigenvalue weighted by Crippen LogP contribution is -2.11. The van der Waals surface area contributed by atoms with Crippen molar-refractivity contribution in [2.75, 3.05) is 11.1 Å². The smallest absolute Gasteiger partial charge is 0.257 e. The molecule has 7 heteroatoms. The third-order valence-electron chi connectivity index (χ3n) is 2.04. The van der Waals surface area contributed by atoms with Crippen LogP contribution in [0.1, 0.15) is 16.2 Å². The fourth-order valence-electron chi connectivity index (χ4n) is 1.20. The van der Waals surface area contributed by atoms with Crippen LogP contribution in [0, 0.1) is 6.92 Å². The van der Waals surface area contributed by atoms with Crippen molar-refractivity contribution >= 4 is 28.3 Å². The number of nitrogens with zero attached hydrogens (tertiary/aromatic N) is 2. The standard InChI is InChI=1S/C10H10N4O2S/c1-5-12-10(17-14-5)13-9(16)6-2-3-7(11)8(15)4-6/h2-4,15H,11H2,1H3,(H,12,13,14,16). The van der Waals surface area contributed by atoms with E-state index >= 15 is 0 Å². The van der Waals surface area contributed by atoms with Gasteiger partial charge in [0.15, 0.2) is 0 Å². The zero-order chi connectivity index (χ0) is 12.4. The number of amides is 1. The van der Waals surface area contributed by atoms with Crippen molar-refractivity contribution in [3.05, 3.63) is 29.6 Å². The van der Waals surface area contributed by atoms with Gasteiger partial charge in [0.1, 0.15) is 11.6 Å². The number of aryl methyl sites for hydroxylation is 1. The summed E-state index contributed by atoms with van der Waals surface area (Å²) in [6.07, 6.45) is 0. The monoisotopic (exact) mass is 250 g/mol. The van der Waals surface area contributed by atoms with Gasteiger partial charge in [-0.05, 0) is 25.1 Å². The first-order valence-electron chi connectivity index (χ1n) is 4.76. The van der Waals surface area contributed by atoms with Crippen molar-refractivity contribution in [1.29, 1.82) is 0 Å². The fraction of sp³-hybridized carbons (Fsp3) is 0.100. The van der Waals surface area contributed by atoms with E-state index in [0.29, 0.717) is 16.5 Å². The maximum Gasteiger partial charge on any atom is 0.257 e. The molecule has 88 valence electrons. The number of nitrogens with two attached hydrogens (primary N) is 1. The SMILES string of the molecule is Cc1nsc(NC(=O)c2ccc(N)c(O)c2)n1. The minimum absolute atomic E-state index is 0.119. The Hall–Kier alpha value is -2.15. The van der Waals surface area contributed by atoms with Crippen molar-refractivity contribution < 1.29 is 9.90 Å². The van der Waals surface area contributed by atoms with Crippen molar-refractivity contribution in [3.8, 4) is 5.75 Å². The molecule has 0 radical (unpaired) electrons. The molecule has 17 heavy (non-hydrogen) atoms. The van der Waals surface area contributed by atoms with Crippen molar-refractivity contribution in [2.45, 2.75) is 6.92 Å². The summed E-state index contributed by atoms with van der Waals surface area (Å²) in [6.45, 7) is 1.74. The molecular weight excluding hydrogens is 240 g/mol. The van der Waals surface area contributed by atoms with Gasteiger partial charge in [0, 0.05) is 17.1 Å². The Balaban J connectivity index is 2.17. The highest BCUT2D eigenvalue weighted by atomic mass is 32.1. The topological polar surface area (TPSA) is 101 Å². The third kappa shape index (κ3) is 2.51. The highest BCUT2D eigenvalue weighted by Gasteiger charge is 2.10. The summed E-state index contributed by atoms with van der Waals surface area (Å²) in [5.74, 6) is 0.119. The molecule has 0 unspecified atom stereocenters. The molecule has 1 aromatic carbocycles. The summed E-state index contributed by atoms with van der Waals surface area (Å²) >= 11 is 1.10. The van der Waals surface area contributed by atoms with Gasteiger partial charge < -0.3 is 10.8 Å². The van der Waals surface area contributed by atoms with Crippen LogP contribution in [-0.2, 0) is 0 Å². The lowest BCUT2D eigenvalue weighted by atomic mass is 10.2. The highest BCUT2D eigenvalue weighted by molar-refractivity contribution is 7.09. The first-order chi connectivity index (χ1) is 8.06. The van der Waals surface area contributed by atoms with Crippen LogP contribution < -0.4 is 11.1 Å². The molecule has 1 amide bonds. The number of anilines is 2. The van der Waals surface area contributed by atoms with Crippen LogP contribution in [0.5, 0.6) is 5.75 Å². The Kier molecular flexibility index (Phi) is 2.92. The van der Waals surface area contributed by atoms with E-state index < -0.39 is 0 Å². The molecule has 0 spiro atoms. The molecule has 1 aromatic heterocycles.